The van der Waals surface area contributed by atoms with Gasteiger partial charge in [-0.05, 0) is 13.8 Å². The monoisotopic (exact) mass is 324 g/mol. The molecule has 9 heteroatoms. The molecule has 0 aliphatic carbocycles. The summed E-state index contributed by atoms with van der Waals surface area (Å²) < 4.78 is 25.2. The summed E-state index contributed by atoms with van der Waals surface area (Å²) >= 11 is 0. The molecular weight excluding hydrogens is 311 g/mol. The summed E-state index contributed by atoms with van der Waals surface area (Å²) in [5, 5.41) is 9.02. The van der Waals surface area contributed by atoms with Crippen molar-refractivity contribution in [3.05, 3.63) is 28.5 Å². The summed E-state index contributed by atoms with van der Waals surface area (Å²) in [6, 6.07) is 1.52. The Morgan fingerprint density at radius 2 is 2.09 bits per heavy atom. The average Bonchev–Trinajstić information content (AvgIpc) is 2.95. The van der Waals surface area contributed by atoms with E-state index in [4.69, 9.17) is 14.3 Å². The third kappa shape index (κ3) is 2.16. The molecule has 1 aromatic heterocycles. The van der Waals surface area contributed by atoms with Crippen molar-refractivity contribution < 1.29 is 28.2 Å². The van der Waals surface area contributed by atoms with Crippen molar-refractivity contribution in [2.75, 3.05) is 4.90 Å². The zero-order valence-corrected chi connectivity index (χ0v) is 12.3. The third-order valence-electron chi connectivity index (χ3n) is 3.81. The van der Waals surface area contributed by atoms with Crippen LogP contribution in [0.5, 0.6) is 0 Å². The minimum Gasteiger partial charge on any atom is -0.478 e. The normalized spacial score (nSPS) is 21.0. The fourth-order valence-electron chi connectivity index (χ4n) is 2.73. The highest BCUT2D eigenvalue weighted by molar-refractivity contribution is 5.96. The van der Waals surface area contributed by atoms with Crippen LogP contribution in [-0.2, 0) is 16.1 Å². The molecule has 2 aromatic rings. The molecule has 1 aliphatic rings. The van der Waals surface area contributed by atoms with E-state index in [1.807, 2.05) is 0 Å². The van der Waals surface area contributed by atoms with Crippen molar-refractivity contribution in [1.82, 2.24) is 4.57 Å². The number of carbonyl (C=O) groups excluding carboxylic acids is 1. The van der Waals surface area contributed by atoms with E-state index in [-0.39, 0.29) is 23.3 Å². The summed E-state index contributed by atoms with van der Waals surface area (Å²) in [7, 11) is 0. The molecule has 2 heterocycles. The number of fused-ring (bicyclic) bond motifs is 1. The van der Waals surface area contributed by atoms with Gasteiger partial charge in [-0.1, -0.05) is 0 Å². The standard InChI is InChI=1S/C14H13FN2O6/c1-3-16-10-8(15)4-7(5-9(10)22-13(16)20)17-6(2)11(12(18)19)23-14(17)21/h4-6,11H,3H2,1-2H3,(H,18,19)/t6?,11-/m1/s1. The van der Waals surface area contributed by atoms with Crippen LogP contribution in [0.2, 0.25) is 0 Å². The highest BCUT2D eigenvalue weighted by atomic mass is 19.1. The highest BCUT2D eigenvalue weighted by Gasteiger charge is 2.44. The predicted octanol–water partition coefficient (Wildman–Crippen LogP) is 1.55. The Bertz CT molecular complexity index is 870. The van der Waals surface area contributed by atoms with Gasteiger partial charge in [-0.25, -0.2) is 18.8 Å². The molecule has 3 rings (SSSR count). The molecule has 0 saturated carbocycles. The number of hydrogen-bond donors (Lipinski definition) is 1. The Labute approximate surface area is 128 Å². The molecule has 2 atom stereocenters. The lowest BCUT2D eigenvalue weighted by Crippen LogP contribution is -2.37. The Morgan fingerprint density at radius 3 is 2.65 bits per heavy atom. The lowest BCUT2D eigenvalue weighted by Gasteiger charge is -2.19. The number of cyclic esters (lactones) is 1. The van der Waals surface area contributed by atoms with E-state index in [0.29, 0.717) is 0 Å². The molecule has 1 aromatic carbocycles. The Morgan fingerprint density at radius 1 is 1.39 bits per heavy atom. The van der Waals surface area contributed by atoms with Crippen LogP contribution in [-0.4, -0.2) is 33.9 Å². The second kappa shape index (κ2) is 5.11. The zero-order chi connectivity index (χ0) is 16.9. The van der Waals surface area contributed by atoms with E-state index in [1.54, 1.807) is 6.92 Å². The molecule has 1 fully saturated rings. The van der Waals surface area contributed by atoms with Crippen LogP contribution in [0.15, 0.2) is 21.3 Å². The predicted molar refractivity (Wildman–Crippen MR) is 76.0 cm³/mol. The topological polar surface area (TPSA) is 102 Å². The summed E-state index contributed by atoms with van der Waals surface area (Å²) in [4.78, 5) is 35.6. The minimum absolute atomic E-state index is 0.00347. The number of nitrogens with zero attached hydrogens (tertiary/aromatic N) is 2. The second-order valence-electron chi connectivity index (χ2n) is 5.14. The number of carboxylic acid groups (broad SMARTS) is 1. The van der Waals surface area contributed by atoms with Gasteiger partial charge in [0.15, 0.2) is 11.4 Å². The first-order chi connectivity index (χ1) is 10.8. The molecule has 1 unspecified atom stereocenters. The largest absolute Gasteiger partial charge is 0.478 e. The van der Waals surface area contributed by atoms with Crippen LogP contribution in [0.4, 0.5) is 14.9 Å². The van der Waals surface area contributed by atoms with Crippen molar-refractivity contribution in [3.8, 4) is 0 Å². The quantitative estimate of drug-likeness (QED) is 0.919. The lowest BCUT2D eigenvalue weighted by atomic mass is 10.1. The molecular formula is C14H13FN2O6. The highest BCUT2D eigenvalue weighted by Crippen LogP contribution is 2.31. The van der Waals surface area contributed by atoms with Gasteiger partial charge in [-0.3, -0.25) is 9.47 Å². The summed E-state index contributed by atoms with van der Waals surface area (Å²) in [6.45, 7) is 3.37. The number of oxazole rings is 1. The van der Waals surface area contributed by atoms with Gasteiger partial charge in [0, 0.05) is 18.7 Å². The second-order valence-corrected chi connectivity index (χ2v) is 5.14. The van der Waals surface area contributed by atoms with Crippen LogP contribution >= 0.6 is 0 Å². The van der Waals surface area contributed by atoms with E-state index in [0.717, 1.165) is 15.5 Å². The van der Waals surface area contributed by atoms with Crippen molar-refractivity contribution in [3.63, 3.8) is 0 Å². The summed E-state index contributed by atoms with van der Waals surface area (Å²) in [6.07, 6.45) is -2.26. The third-order valence-corrected chi connectivity index (χ3v) is 3.81. The number of ether oxygens (including phenoxy) is 1. The van der Waals surface area contributed by atoms with Crippen molar-refractivity contribution in [1.29, 1.82) is 0 Å². The van der Waals surface area contributed by atoms with E-state index in [9.17, 15) is 18.8 Å². The molecule has 122 valence electrons. The van der Waals surface area contributed by atoms with Gasteiger partial charge in [0.05, 0.1) is 11.7 Å². The number of amides is 1. The molecule has 1 amide bonds. The SMILES string of the molecule is CCn1c(=O)oc2cc(N3C(=O)O[C@@H](C(=O)O)C3C)cc(F)c21. The van der Waals surface area contributed by atoms with Crippen LogP contribution in [0, 0.1) is 5.82 Å². The zero-order valence-electron chi connectivity index (χ0n) is 12.3. The van der Waals surface area contributed by atoms with Gasteiger partial charge in [0.2, 0.25) is 6.10 Å². The van der Waals surface area contributed by atoms with Crippen LogP contribution in [0.1, 0.15) is 13.8 Å². The molecule has 0 bridgehead atoms. The van der Waals surface area contributed by atoms with Gasteiger partial charge in [-0.2, -0.15) is 0 Å². The number of benzene rings is 1. The number of aliphatic carboxylic acids is 1. The first-order valence-corrected chi connectivity index (χ1v) is 6.90. The van der Waals surface area contributed by atoms with Crippen molar-refractivity contribution in [2.45, 2.75) is 32.5 Å². The van der Waals surface area contributed by atoms with Gasteiger partial charge >= 0.3 is 17.8 Å². The van der Waals surface area contributed by atoms with Crippen LogP contribution in [0.3, 0.4) is 0 Å². The smallest absolute Gasteiger partial charge is 0.420 e. The Kier molecular flexibility index (Phi) is 3.35. The average molecular weight is 324 g/mol. The van der Waals surface area contributed by atoms with E-state index < -0.39 is 35.8 Å². The Balaban J connectivity index is 2.13. The summed E-state index contributed by atoms with van der Waals surface area (Å²) in [5.41, 5.74) is 0.0372. The first kappa shape index (κ1) is 15.1. The molecule has 1 saturated heterocycles. The lowest BCUT2D eigenvalue weighted by molar-refractivity contribution is -0.145. The minimum atomic E-state index is -1.35. The van der Waals surface area contributed by atoms with Crippen molar-refractivity contribution in [2.24, 2.45) is 0 Å². The molecule has 0 spiro atoms. The number of anilines is 1. The number of rotatable bonds is 3. The molecule has 1 aliphatic heterocycles. The maximum absolute atomic E-state index is 14.4. The number of carboxylic acids is 1. The van der Waals surface area contributed by atoms with Gasteiger partial charge < -0.3 is 14.3 Å². The molecule has 23 heavy (non-hydrogen) atoms. The van der Waals surface area contributed by atoms with E-state index in [1.165, 1.54) is 13.0 Å². The van der Waals surface area contributed by atoms with Crippen LogP contribution < -0.4 is 10.7 Å². The van der Waals surface area contributed by atoms with Gasteiger partial charge in [0.1, 0.15) is 5.52 Å². The number of aryl methyl sites for hydroxylation is 1. The molecule has 8 nitrogen and oxygen atoms in total. The van der Waals surface area contributed by atoms with Gasteiger partial charge in [-0.15, -0.1) is 0 Å². The first-order valence-electron chi connectivity index (χ1n) is 6.90. The number of aromatic nitrogens is 1. The number of halogens is 1. The van der Waals surface area contributed by atoms with Crippen molar-refractivity contribution >= 4 is 28.8 Å². The number of carbonyl (C=O) groups is 2. The molecule has 1 N–H and O–H groups in total. The van der Waals surface area contributed by atoms with Gasteiger partial charge in [0.25, 0.3) is 0 Å². The number of hydrogen-bond acceptors (Lipinski definition) is 5. The maximum Gasteiger partial charge on any atom is 0.420 e. The molecule has 0 radical (unpaired) electrons. The fourth-order valence-corrected chi connectivity index (χ4v) is 2.73. The maximum atomic E-state index is 14.4. The van der Waals surface area contributed by atoms with E-state index in [2.05, 4.69) is 0 Å². The summed E-state index contributed by atoms with van der Waals surface area (Å²) in [5.74, 6) is -2.75. The Hall–Kier alpha value is -2.84. The fraction of sp³-hybridized carbons (Fsp3) is 0.357. The van der Waals surface area contributed by atoms with E-state index >= 15 is 0 Å². The van der Waals surface area contributed by atoms with Crippen LogP contribution in [0.25, 0.3) is 11.1 Å².